The molecule has 0 aromatic carbocycles. The van der Waals surface area contributed by atoms with E-state index in [1.807, 2.05) is 20.8 Å². The number of esters is 1. The Kier molecular flexibility index (Phi) is 6.01. The molecule has 0 aliphatic heterocycles. The van der Waals surface area contributed by atoms with E-state index in [2.05, 4.69) is 20.9 Å². The average Bonchev–Trinajstić information content (AvgIpc) is 2.28. The topological polar surface area (TPSA) is 26.3 Å². The molecule has 0 unspecified atom stereocenters. The second-order valence-corrected chi connectivity index (χ2v) is 5.35. The van der Waals surface area contributed by atoms with Crippen LogP contribution in [-0.2, 0) is 9.53 Å². The van der Waals surface area contributed by atoms with Crippen LogP contribution in [0.5, 0.6) is 0 Å². The number of quaternary nitrogens is 1. The summed E-state index contributed by atoms with van der Waals surface area (Å²) >= 11 is 0. The summed E-state index contributed by atoms with van der Waals surface area (Å²) in [5.74, 6) is -0.0752. The van der Waals surface area contributed by atoms with E-state index in [1.54, 1.807) is 0 Å². The maximum atomic E-state index is 11.7. The lowest BCUT2D eigenvalue weighted by molar-refractivity contribution is -0.906. The molecule has 0 amide bonds. The summed E-state index contributed by atoms with van der Waals surface area (Å²) in [5, 5.41) is 0. The molecular weight excluding hydrogens is 202 g/mol. The van der Waals surface area contributed by atoms with E-state index >= 15 is 0 Å². The van der Waals surface area contributed by atoms with Crippen molar-refractivity contribution in [3.63, 3.8) is 0 Å². The number of rotatable bonds is 7. The quantitative estimate of drug-likeness (QED) is 0.496. The number of carbonyl (C=O) groups is 1. The van der Waals surface area contributed by atoms with Gasteiger partial charge >= 0.3 is 5.97 Å². The molecule has 0 saturated carbocycles. The van der Waals surface area contributed by atoms with E-state index in [9.17, 15) is 4.79 Å². The third kappa shape index (κ3) is 4.52. The van der Waals surface area contributed by atoms with Crippen molar-refractivity contribution < 1.29 is 14.0 Å². The minimum Gasteiger partial charge on any atom is -0.459 e. The molecule has 0 bridgehead atoms. The predicted octanol–water partition coefficient (Wildman–Crippen LogP) is 2.45. The summed E-state index contributed by atoms with van der Waals surface area (Å²) < 4.78 is 6.30. The molecule has 0 heterocycles. The van der Waals surface area contributed by atoms with Gasteiger partial charge in [0.2, 0.25) is 0 Å². The molecule has 0 spiro atoms. The first-order chi connectivity index (χ1) is 7.31. The van der Waals surface area contributed by atoms with Crippen LogP contribution in [0.25, 0.3) is 0 Å². The van der Waals surface area contributed by atoms with E-state index < -0.39 is 0 Å². The van der Waals surface area contributed by atoms with Gasteiger partial charge in [-0.3, -0.25) is 4.79 Å². The zero-order chi connectivity index (χ0) is 12.8. The van der Waals surface area contributed by atoms with E-state index in [0.29, 0.717) is 6.61 Å². The van der Waals surface area contributed by atoms with Crippen molar-refractivity contribution in [1.29, 1.82) is 0 Å². The minimum atomic E-state index is -0.345. The number of nitrogens with zero attached hydrogens (tertiary/aromatic N) is 1. The third-order valence-corrected chi connectivity index (χ3v) is 3.83. The van der Waals surface area contributed by atoms with Crippen molar-refractivity contribution in [3.8, 4) is 0 Å². The van der Waals surface area contributed by atoms with Crippen molar-refractivity contribution >= 4 is 5.97 Å². The van der Waals surface area contributed by atoms with Crippen LogP contribution in [0.1, 0.15) is 41.0 Å². The zero-order valence-corrected chi connectivity index (χ0v) is 11.8. The van der Waals surface area contributed by atoms with Crippen LogP contribution in [0, 0.1) is 5.41 Å². The van der Waals surface area contributed by atoms with Gasteiger partial charge in [0.25, 0.3) is 0 Å². The normalized spacial score (nSPS) is 12.6. The van der Waals surface area contributed by atoms with Gasteiger partial charge in [-0.2, -0.15) is 0 Å². The van der Waals surface area contributed by atoms with Crippen LogP contribution >= 0.6 is 0 Å². The summed E-state index contributed by atoms with van der Waals surface area (Å²) in [4.78, 5) is 11.7. The van der Waals surface area contributed by atoms with Gasteiger partial charge in [-0.1, -0.05) is 6.92 Å². The van der Waals surface area contributed by atoms with E-state index in [-0.39, 0.29) is 11.4 Å². The Morgan fingerprint density at radius 2 is 1.69 bits per heavy atom. The van der Waals surface area contributed by atoms with Crippen LogP contribution in [0.15, 0.2) is 0 Å². The number of hydrogen-bond acceptors (Lipinski definition) is 2. The maximum absolute atomic E-state index is 11.7. The van der Waals surface area contributed by atoms with Gasteiger partial charge < -0.3 is 9.22 Å². The molecule has 0 saturated heterocycles. The Morgan fingerprint density at radius 1 is 1.19 bits per heavy atom. The first-order valence-corrected chi connectivity index (χ1v) is 6.32. The Morgan fingerprint density at radius 3 is 2.06 bits per heavy atom. The number of ether oxygens (including phenoxy) is 1. The first kappa shape index (κ1) is 15.4. The van der Waals surface area contributed by atoms with Gasteiger partial charge in [0.05, 0.1) is 25.6 Å². The monoisotopic (exact) mass is 230 g/mol. The van der Waals surface area contributed by atoms with Gasteiger partial charge in [-0.05, 0) is 34.1 Å². The van der Waals surface area contributed by atoms with Crippen LogP contribution in [0.3, 0.4) is 0 Å². The zero-order valence-electron chi connectivity index (χ0n) is 11.8. The largest absolute Gasteiger partial charge is 0.459 e. The molecule has 96 valence electrons. The molecule has 0 aliphatic rings. The molecule has 0 aromatic heterocycles. The molecule has 0 aromatic rings. The molecule has 3 nitrogen and oxygen atoms in total. The lowest BCUT2D eigenvalue weighted by Crippen LogP contribution is -2.46. The highest BCUT2D eigenvalue weighted by Crippen LogP contribution is 2.21. The molecule has 0 radical (unpaired) electrons. The highest BCUT2D eigenvalue weighted by atomic mass is 16.5. The SMILES string of the molecule is CCC(C)(C)C(=O)OCC[N+](C)(CC)CC. The molecule has 16 heavy (non-hydrogen) atoms. The Hall–Kier alpha value is -0.570. The Labute approximate surface area is 100 Å². The molecule has 0 rings (SSSR count). The van der Waals surface area contributed by atoms with Gasteiger partial charge in [-0.15, -0.1) is 0 Å². The van der Waals surface area contributed by atoms with Crippen LogP contribution < -0.4 is 0 Å². The summed E-state index contributed by atoms with van der Waals surface area (Å²) in [5.41, 5.74) is -0.345. The van der Waals surface area contributed by atoms with E-state index in [1.165, 1.54) is 0 Å². The molecule has 0 fully saturated rings. The second kappa shape index (κ2) is 6.24. The van der Waals surface area contributed by atoms with Crippen molar-refractivity contribution in [1.82, 2.24) is 0 Å². The number of hydrogen-bond donors (Lipinski definition) is 0. The lowest BCUT2D eigenvalue weighted by atomic mass is 9.91. The Bertz CT molecular complexity index is 220. The smallest absolute Gasteiger partial charge is 0.311 e. The standard InChI is InChI=1S/C13H28NO2/c1-7-13(4,5)12(15)16-11-10-14(6,8-2)9-3/h7-11H2,1-6H3/q+1. The minimum absolute atomic E-state index is 0.0752. The molecular formula is C13H28NO2+. The lowest BCUT2D eigenvalue weighted by Gasteiger charge is -2.32. The average molecular weight is 230 g/mol. The van der Waals surface area contributed by atoms with Crippen LogP contribution in [0.4, 0.5) is 0 Å². The second-order valence-electron chi connectivity index (χ2n) is 5.35. The summed E-state index contributed by atoms with van der Waals surface area (Å²) in [6, 6.07) is 0. The highest BCUT2D eigenvalue weighted by Gasteiger charge is 2.27. The number of likely N-dealkylation sites (N-methyl/N-ethyl adjacent to an activating group) is 1. The summed E-state index contributed by atoms with van der Waals surface area (Å²) in [7, 11) is 2.19. The van der Waals surface area contributed by atoms with Gasteiger partial charge in [0.15, 0.2) is 0 Å². The third-order valence-electron chi connectivity index (χ3n) is 3.83. The van der Waals surface area contributed by atoms with Crippen molar-refractivity contribution in [3.05, 3.63) is 0 Å². The summed E-state index contributed by atoms with van der Waals surface area (Å²) in [6.45, 7) is 13.8. The fraction of sp³-hybridized carbons (Fsp3) is 0.923. The van der Waals surface area contributed by atoms with Gasteiger partial charge in [0, 0.05) is 0 Å². The maximum Gasteiger partial charge on any atom is 0.311 e. The van der Waals surface area contributed by atoms with Crippen molar-refractivity contribution in [2.45, 2.75) is 41.0 Å². The van der Waals surface area contributed by atoms with Crippen molar-refractivity contribution in [2.75, 3.05) is 33.3 Å². The van der Waals surface area contributed by atoms with Gasteiger partial charge in [0.1, 0.15) is 13.2 Å². The fourth-order valence-electron chi connectivity index (χ4n) is 1.24. The van der Waals surface area contributed by atoms with Crippen LogP contribution in [-0.4, -0.2) is 43.7 Å². The molecule has 3 heteroatoms. The van der Waals surface area contributed by atoms with Crippen molar-refractivity contribution in [2.24, 2.45) is 5.41 Å². The highest BCUT2D eigenvalue weighted by molar-refractivity contribution is 5.75. The fourth-order valence-corrected chi connectivity index (χ4v) is 1.24. The Balaban J connectivity index is 4.04. The molecule has 0 N–H and O–H groups in total. The predicted molar refractivity (Wildman–Crippen MR) is 67.2 cm³/mol. The summed E-state index contributed by atoms with van der Waals surface area (Å²) in [6.07, 6.45) is 0.819. The van der Waals surface area contributed by atoms with E-state index in [4.69, 9.17) is 4.74 Å². The number of carbonyl (C=O) groups excluding carboxylic acids is 1. The molecule has 0 aliphatic carbocycles. The van der Waals surface area contributed by atoms with E-state index in [0.717, 1.165) is 30.5 Å². The van der Waals surface area contributed by atoms with Crippen LogP contribution in [0.2, 0.25) is 0 Å². The first-order valence-electron chi connectivity index (χ1n) is 6.32. The van der Waals surface area contributed by atoms with Gasteiger partial charge in [-0.25, -0.2) is 0 Å². The molecule has 0 atom stereocenters.